The van der Waals surface area contributed by atoms with Gasteiger partial charge < -0.3 is 15.0 Å². The second-order valence-electron chi connectivity index (χ2n) is 5.65. The van der Waals surface area contributed by atoms with Crippen LogP contribution in [0, 0.1) is 0 Å². The highest BCUT2D eigenvalue weighted by atomic mass is 35.5. The maximum atomic E-state index is 12.2. The Morgan fingerprint density at radius 3 is 2.58 bits per heavy atom. The molecule has 0 saturated heterocycles. The number of likely N-dealkylation sites (N-methyl/N-ethyl adjacent to an activating group) is 1. The normalized spacial score (nSPS) is 10.3. The number of hydrogen-bond acceptors (Lipinski definition) is 3. The number of carbonyl (C=O) groups excluding carboxylic acids is 2. The van der Waals surface area contributed by atoms with Gasteiger partial charge in [-0.15, -0.1) is 0 Å². The summed E-state index contributed by atoms with van der Waals surface area (Å²) in [6.07, 6.45) is 0.805. The quantitative estimate of drug-likeness (QED) is 0.770. The summed E-state index contributed by atoms with van der Waals surface area (Å²) in [6.45, 7) is 1.69. The Bertz CT molecular complexity index is 796. The smallest absolute Gasteiger partial charge is 0.260 e. The first-order chi connectivity index (χ1) is 12.4. The lowest BCUT2D eigenvalue weighted by molar-refractivity contribution is -0.135. The summed E-state index contributed by atoms with van der Waals surface area (Å²) in [6, 6.07) is 12.5. The maximum absolute atomic E-state index is 12.2. The molecule has 0 unspecified atom stereocenters. The highest BCUT2D eigenvalue weighted by Crippen LogP contribution is 2.31. The van der Waals surface area contributed by atoms with Crippen LogP contribution < -0.4 is 10.1 Å². The monoisotopic (exact) mass is 394 g/mol. The minimum atomic E-state index is -0.347. The van der Waals surface area contributed by atoms with Crippen molar-refractivity contribution in [3.63, 3.8) is 0 Å². The first-order valence-electron chi connectivity index (χ1n) is 8.11. The van der Waals surface area contributed by atoms with Gasteiger partial charge >= 0.3 is 0 Å². The number of carbonyl (C=O) groups is 2. The maximum Gasteiger partial charge on any atom is 0.260 e. The van der Waals surface area contributed by atoms with Gasteiger partial charge in [0, 0.05) is 12.7 Å². The van der Waals surface area contributed by atoms with E-state index in [4.69, 9.17) is 27.9 Å². The minimum absolute atomic E-state index is 0.0798. The molecule has 0 aliphatic carbocycles. The highest BCUT2D eigenvalue weighted by molar-refractivity contribution is 6.42. The SMILES string of the molecule is CCc1ccccc1NC(=O)CN(C)C(=O)COc1cccc(Cl)c1Cl. The van der Waals surface area contributed by atoms with Gasteiger partial charge in [0.25, 0.3) is 5.91 Å². The topological polar surface area (TPSA) is 58.6 Å². The molecule has 0 spiro atoms. The van der Waals surface area contributed by atoms with Crippen molar-refractivity contribution in [1.82, 2.24) is 4.90 Å². The molecule has 0 radical (unpaired) electrons. The van der Waals surface area contributed by atoms with E-state index in [-0.39, 0.29) is 30.0 Å². The van der Waals surface area contributed by atoms with Gasteiger partial charge in [-0.2, -0.15) is 0 Å². The third kappa shape index (κ3) is 5.38. The van der Waals surface area contributed by atoms with E-state index in [0.717, 1.165) is 17.7 Å². The molecule has 0 heterocycles. The Kier molecular flexibility index (Phi) is 7.30. The van der Waals surface area contributed by atoms with E-state index in [1.165, 1.54) is 11.9 Å². The van der Waals surface area contributed by atoms with Gasteiger partial charge in [-0.05, 0) is 30.2 Å². The minimum Gasteiger partial charge on any atom is -0.482 e. The van der Waals surface area contributed by atoms with E-state index in [2.05, 4.69) is 5.32 Å². The van der Waals surface area contributed by atoms with E-state index >= 15 is 0 Å². The molecule has 2 amide bonds. The second-order valence-corrected chi connectivity index (χ2v) is 6.43. The molecule has 0 fully saturated rings. The lowest BCUT2D eigenvalue weighted by Crippen LogP contribution is -2.37. The highest BCUT2D eigenvalue weighted by Gasteiger charge is 2.15. The van der Waals surface area contributed by atoms with Gasteiger partial charge in [0.15, 0.2) is 6.61 Å². The third-order valence-corrected chi connectivity index (χ3v) is 4.55. The van der Waals surface area contributed by atoms with Crippen molar-refractivity contribution in [3.8, 4) is 5.75 Å². The van der Waals surface area contributed by atoms with Crippen LogP contribution in [-0.4, -0.2) is 36.9 Å². The molecule has 0 atom stereocenters. The summed E-state index contributed by atoms with van der Waals surface area (Å²) in [5, 5.41) is 3.42. The molecule has 2 aromatic rings. The molecule has 0 aliphatic rings. The molecule has 0 bridgehead atoms. The Morgan fingerprint density at radius 2 is 1.85 bits per heavy atom. The summed E-state index contributed by atoms with van der Waals surface area (Å²) >= 11 is 11.9. The van der Waals surface area contributed by atoms with E-state index < -0.39 is 0 Å². The molecule has 7 heteroatoms. The summed E-state index contributed by atoms with van der Waals surface area (Å²) in [7, 11) is 1.54. The molecule has 2 rings (SSSR count). The number of rotatable bonds is 7. The number of nitrogens with one attached hydrogen (secondary N) is 1. The van der Waals surface area contributed by atoms with Gasteiger partial charge in [0.2, 0.25) is 5.91 Å². The van der Waals surface area contributed by atoms with Crippen LogP contribution in [0.25, 0.3) is 0 Å². The van der Waals surface area contributed by atoms with Crippen LogP contribution in [0.1, 0.15) is 12.5 Å². The van der Waals surface area contributed by atoms with E-state index in [0.29, 0.717) is 10.8 Å². The fraction of sp³-hybridized carbons (Fsp3) is 0.263. The van der Waals surface area contributed by atoms with Gasteiger partial charge in [-0.25, -0.2) is 0 Å². The average Bonchev–Trinajstić information content (AvgIpc) is 2.63. The number of halogens is 2. The third-order valence-electron chi connectivity index (χ3n) is 3.75. The number of hydrogen-bond donors (Lipinski definition) is 1. The van der Waals surface area contributed by atoms with Crippen molar-refractivity contribution >= 4 is 40.7 Å². The first-order valence-corrected chi connectivity index (χ1v) is 8.86. The molecule has 0 aliphatic heterocycles. The summed E-state index contributed by atoms with van der Waals surface area (Å²) < 4.78 is 5.40. The lowest BCUT2D eigenvalue weighted by Gasteiger charge is -2.18. The zero-order chi connectivity index (χ0) is 19.1. The molecular weight excluding hydrogens is 375 g/mol. The summed E-state index contributed by atoms with van der Waals surface area (Å²) in [5.41, 5.74) is 1.79. The van der Waals surface area contributed by atoms with Gasteiger partial charge in [0.05, 0.1) is 11.6 Å². The summed E-state index contributed by atoms with van der Waals surface area (Å²) in [5.74, 6) is -0.301. The Labute approximate surface area is 162 Å². The predicted molar refractivity (Wildman–Crippen MR) is 104 cm³/mol. The molecule has 5 nitrogen and oxygen atoms in total. The average molecular weight is 395 g/mol. The zero-order valence-electron chi connectivity index (χ0n) is 14.6. The fourth-order valence-corrected chi connectivity index (χ4v) is 2.64. The number of benzene rings is 2. The molecule has 0 aromatic heterocycles. The van der Waals surface area contributed by atoms with Crippen LogP contribution in [0.5, 0.6) is 5.75 Å². The van der Waals surface area contributed by atoms with Gasteiger partial charge in [0.1, 0.15) is 10.8 Å². The number of nitrogens with zero attached hydrogens (tertiary/aromatic N) is 1. The van der Waals surface area contributed by atoms with Crippen molar-refractivity contribution in [1.29, 1.82) is 0 Å². The number of anilines is 1. The Morgan fingerprint density at radius 1 is 1.12 bits per heavy atom. The van der Waals surface area contributed by atoms with Crippen molar-refractivity contribution in [2.45, 2.75) is 13.3 Å². The van der Waals surface area contributed by atoms with Crippen LogP contribution in [0.15, 0.2) is 42.5 Å². The van der Waals surface area contributed by atoms with E-state index in [9.17, 15) is 9.59 Å². The molecule has 2 aromatic carbocycles. The number of ether oxygens (including phenoxy) is 1. The zero-order valence-corrected chi connectivity index (χ0v) is 16.1. The van der Waals surface area contributed by atoms with Crippen LogP contribution >= 0.6 is 23.2 Å². The number of para-hydroxylation sites is 1. The molecular formula is C19H20Cl2N2O3. The molecule has 1 N–H and O–H groups in total. The van der Waals surface area contributed by atoms with Crippen LogP contribution in [0.4, 0.5) is 5.69 Å². The van der Waals surface area contributed by atoms with E-state index in [1.807, 2.05) is 31.2 Å². The lowest BCUT2D eigenvalue weighted by atomic mass is 10.1. The molecule has 138 valence electrons. The van der Waals surface area contributed by atoms with Crippen molar-refractivity contribution in [2.75, 3.05) is 25.5 Å². The molecule has 0 saturated carbocycles. The van der Waals surface area contributed by atoms with Gasteiger partial charge in [-0.3, -0.25) is 9.59 Å². The predicted octanol–water partition coefficient (Wildman–Crippen LogP) is 4.03. The van der Waals surface area contributed by atoms with Crippen LogP contribution in [0.3, 0.4) is 0 Å². The van der Waals surface area contributed by atoms with Crippen LogP contribution in [-0.2, 0) is 16.0 Å². The van der Waals surface area contributed by atoms with Crippen molar-refractivity contribution in [2.24, 2.45) is 0 Å². The Hall–Kier alpha value is -2.24. The molecule has 26 heavy (non-hydrogen) atoms. The first kappa shape index (κ1) is 20.1. The number of amides is 2. The second kappa shape index (κ2) is 9.46. The van der Waals surface area contributed by atoms with Crippen molar-refractivity contribution in [3.05, 3.63) is 58.1 Å². The van der Waals surface area contributed by atoms with Gasteiger partial charge in [-0.1, -0.05) is 54.4 Å². The van der Waals surface area contributed by atoms with Crippen molar-refractivity contribution < 1.29 is 14.3 Å². The standard InChI is InChI=1S/C19H20Cl2N2O3/c1-3-13-7-4-5-9-15(13)22-17(24)11-23(2)18(25)12-26-16-10-6-8-14(20)19(16)21/h4-10H,3,11-12H2,1-2H3,(H,22,24). The van der Waals surface area contributed by atoms with E-state index in [1.54, 1.807) is 18.2 Å². The summed E-state index contributed by atoms with van der Waals surface area (Å²) in [4.78, 5) is 25.6. The number of aryl methyl sites for hydroxylation is 1. The Balaban J connectivity index is 1.88. The fourth-order valence-electron chi connectivity index (χ4n) is 2.29. The largest absolute Gasteiger partial charge is 0.482 e. The van der Waals surface area contributed by atoms with Crippen LogP contribution in [0.2, 0.25) is 10.0 Å².